The Morgan fingerprint density at radius 3 is 2.58 bits per heavy atom. The molecule has 0 amide bonds. The quantitative estimate of drug-likeness (QED) is 0.789. The van der Waals surface area contributed by atoms with Gasteiger partial charge in [0.25, 0.3) is 0 Å². The number of nitriles is 1. The number of nitrogens with zero attached hydrogens (tertiary/aromatic N) is 1. The van der Waals surface area contributed by atoms with Crippen molar-refractivity contribution in [2.45, 2.75) is 11.5 Å². The lowest BCUT2D eigenvalue weighted by Crippen LogP contribution is -1.97. The summed E-state index contributed by atoms with van der Waals surface area (Å²) < 4.78 is 18.7. The summed E-state index contributed by atoms with van der Waals surface area (Å²) in [6.45, 7) is 0.313. The largest absolute Gasteiger partial charge is 0.489 e. The van der Waals surface area contributed by atoms with E-state index in [0.29, 0.717) is 6.61 Å². The van der Waals surface area contributed by atoms with Gasteiger partial charge in [-0.1, -0.05) is 6.07 Å². The molecule has 0 heterocycles. The van der Waals surface area contributed by atoms with Gasteiger partial charge in [-0.05, 0) is 48.2 Å². The molecule has 0 unspecified atom stereocenters. The van der Waals surface area contributed by atoms with Crippen molar-refractivity contribution in [3.63, 3.8) is 0 Å². The first-order chi connectivity index (χ1) is 9.22. The molecule has 2 nitrogen and oxygen atoms in total. The van der Waals surface area contributed by atoms with Crippen molar-refractivity contribution in [2.75, 3.05) is 6.26 Å². The van der Waals surface area contributed by atoms with Crippen LogP contribution in [0.25, 0.3) is 0 Å². The zero-order chi connectivity index (χ0) is 13.7. The maximum Gasteiger partial charge on any atom is 0.140 e. The molecule has 0 spiro atoms. The molecule has 2 aromatic rings. The van der Waals surface area contributed by atoms with Crippen molar-refractivity contribution in [2.24, 2.45) is 0 Å². The molecule has 0 fully saturated rings. The number of thioether (sulfide) groups is 1. The summed E-state index contributed by atoms with van der Waals surface area (Å²) in [7, 11) is 0. The third-order valence-corrected chi connectivity index (χ3v) is 3.36. The predicted octanol–water partition coefficient (Wildman–Crippen LogP) is 4.00. The first-order valence-electron chi connectivity index (χ1n) is 5.68. The fraction of sp³-hybridized carbons (Fsp3) is 0.133. The summed E-state index contributed by atoms with van der Waals surface area (Å²) in [5, 5.41) is 8.75. The van der Waals surface area contributed by atoms with Crippen molar-refractivity contribution in [1.29, 1.82) is 5.26 Å². The minimum atomic E-state index is -0.504. The lowest BCUT2D eigenvalue weighted by atomic mass is 10.1. The Morgan fingerprint density at radius 2 is 1.95 bits per heavy atom. The van der Waals surface area contributed by atoms with E-state index in [1.807, 2.05) is 36.6 Å². The molecule has 2 aromatic carbocycles. The van der Waals surface area contributed by atoms with E-state index in [1.54, 1.807) is 17.8 Å². The Labute approximate surface area is 115 Å². The van der Waals surface area contributed by atoms with Crippen molar-refractivity contribution in [3.05, 3.63) is 59.4 Å². The van der Waals surface area contributed by atoms with Crippen LogP contribution in [0.5, 0.6) is 5.75 Å². The summed E-state index contributed by atoms with van der Waals surface area (Å²) in [4.78, 5) is 1.17. The molecule has 0 aliphatic rings. The van der Waals surface area contributed by atoms with E-state index in [0.717, 1.165) is 11.3 Å². The van der Waals surface area contributed by atoms with Crippen LogP contribution in [0.2, 0.25) is 0 Å². The molecule has 0 aliphatic carbocycles. The van der Waals surface area contributed by atoms with Crippen molar-refractivity contribution in [1.82, 2.24) is 0 Å². The third-order valence-electron chi connectivity index (χ3n) is 2.62. The van der Waals surface area contributed by atoms with Crippen molar-refractivity contribution >= 4 is 11.8 Å². The number of hydrogen-bond donors (Lipinski definition) is 0. The van der Waals surface area contributed by atoms with Crippen LogP contribution in [0.4, 0.5) is 4.39 Å². The number of benzene rings is 2. The zero-order valence-electron chi connectivity index (χ0n) is 10.4. The Bertz CT molecular complexity index is 605. The maximum absolute atomic E-state index is 13.2. The van der Waals surface area contributed by atoms with Gasteiger partial charge in [-0.15, -0.1) is 11.8 Å². The van der Waals surface area contributed by atoms with Gasteiger partial charge in [0.15, 0.2) is 0 Å². The Kier molecular flexibility index (Phi) is 4.43. The zero-order valence-corrected chi connectivity index (χ0v) is 11.2. The Hall–Kier alpha value is -1.99. The van der Waals surface area contributed by atoms with Crippen LogP contribution in [0.3, 0.4) is 0 Å². The monoisotopic (exact) mass is 273 g/mol. The van der Waals surface area contributed by atoms with Crippen LogP contribution in [-0.2, 0) is 6.61 Å². The molecular weight excluding hydrogens is 261 g/mol. The summed E-state index contributed by atoms with van der Waals surface area (Å²) in [6, 6.07) is 14.0. The molecule has 0 atom stereocenters. The van der Waals surface area contributed by atoms with Gasteiger partial charge in [0.1, 0.15) is 24.2 Å². The van der Waals surface area contributed by atoms with Crippen LogP contribution in [0.1, 0.15) is 11.1 Å². The van der Waals surface area contributed by atoms with E-state index >= 15 is 0 Å². The topological polar surface area (TPSA) is 33.0 Å². The van der Waals surface area contributed by atoms with Crippen LogP contribution in [0.15, 0.2) is 47.4 Å². The van der Waals surface area contributed by atoms with E-state index in [4.69, 9.17) is 10.00 Å². The summed E-state index contributed by atoms with van der Waals surface area (Å²) >= 11 is 1.67. The molecule has 0 N–H and O–H groups in total. The Morgan fingerprint density at radius 1 is 1.21 bits per heavy atom. The summed E-state index contributed by atoms with van der Waals surface area (Å²) in [5.41, 5.74) is 0.811. The normalized spacial score (nSPS) is 9.95. The maximum atomic E-state index is 13.2. The highest BCUT2D eigenvalue weighted by Gasteiger charge is 2.03. The molecule has 0 aliphatic heterocycles. The van der Waals surface area contributed by atoms with E-state index in [9.17, 15) is 4.39 Å². The second-order valence-electron chi connectivity index (χ2n) is 3.89. The summed E-state index contributed by atoms with van der Waals surface area (Å²) in [6.07, 6.45) is 2.01. The number of hydrogen-bond acceptors (Lipinski definition) is 3. The molecular formula is C15H12FNOS. The number of rotatable bonds is 4. The molecule has 0 bridgehead atoms. The highest BCUT2D eigenvalue weighted by Crippen LogP contribution is 2.20. The van der Waals surface area contributed by atoms with Gasteiger partial charge in [-0.25, -0.2) is 4.39 Å². The minimum absolute atomic E-state index is 0.0406. The number of ether oxygens (including phenoxy) is 1. The van der Waals surface area contributed by atoms with Gasteiger partial charge in [-0.2, -0.15) is 5.26 Å². The van der Waals surface area contributed by atoms with Gasteiger partial charge in [0.2, 0.25) is 0 Å². The van der Waals surface area contributed by atoms with Gasteiger partial charge in [-0.3, -0.25) is 0 Å². The van der Waals surface area contributed by atoms with Crippen molar-refractivity contribution in [3.8, 4) is 11.8 Å². The molecule has 0 radical (unpaired) electrons. The lowest BCUT2D eigenvalue weighted by Gasteiger charge is -2.07. The van der Waals surface area contributed by atoms with Crippen LogP contribution in [0, 0.1) is 17.1 Å². The highest BCUT2D eigenvalue weighted by molar-refractivity contribution is 7.98. The van der Waals surface area contributed by atoms with Gasteiger partial charge < -0.3 is 4.74 Å². The second-order valence-corrected chi connectivity index (χ2v) is 4.77. The van der Waals surface area contributed by atoms with Gasteiger partial charge in [0, 0.05) is 4.90 Å². The Balaban J connectivity index is 2.04. The minimum Gasteiger partial charge on any atom is -0.489 e. The molecule has 0 aromatic heterocycles. The fourth-order valence-corrected chi connectivity index (χ4v) is 1.99. The first kappa shape index (κ1) is 13.4. The van der Waals surface area contributed by atoms with Gasteiger partial charge >= 0.3 is 0 Å². The average molecular weight is 273 g/mol. The van der Waals surface area contributed by atoms with E-state index in [1.165, 1.54) is 17.0 Å². The van der Waals surface area contributed by atoms with Gasteiger partial charge in [0.05, 0.1) is 5.56 Å². The average Bonchev–Trinajstić information content (AvgIpc) is 2.47. The fourth-order valence-electron chi connectivity index (χ4n) is 1.59. The second kappa shape index (κ2) is 6.26. The molecule has 0 saturated carbocycles. The van der Waals surface area contributed by atoms with E-state index in [-0.39, 0.29) is 5.56 Å². The van der Waals surface area contributed by atoms with Crippen LogP contribution in [-0.4, -0.2) is 6.26 Å². The SMILES string of the molecule is CSc1ccc(OCc2ccc(F)c(C#N)c2)cc1. The predicted molar refractivity (Wildman–Crippen MR) is 73.7 cm³/mol. The lowest BCUT2D eigenvalue weighted by molar-refractivity contribution is 0.306. The molecule has 96 valence electrons. The molecule has 2 rings (SSSR count). The molecule has 0 saturated heterocycles. The standard InChI is InChI=1S/C15H12FNOS/c1-19-14-5-3-13(4-6-14)18-10-11-2-7-15(16)12(8-11)9-17/h2-8H,10H2,1H3. The van der Waals surface area contributed by atoms with Crippen molar-refractivity contribution < 1.29 is 9.13 Å². The molecule has 4 heteroatoms. The highest BCUT2D eigenvalue weighted by atomic mass is 32.2. The smallest absolute Gasteiger partial charge is 0.140 e. The molecule has 19 heavy (non-hydrogen) atoms. The van der Waals surface area contributed by atoms with Crippen LogP contribution < -0.4 is 4.74 Å². The van der Waals surface area contributed by atoms with E-state index in [2.05, 4.69) is 0 Å². The number of halogens is 1. The summed E-state index contributed by atoms with van der Waals surface area (Å²) in [5.74, 6) is 0.246. The van der Waals surface area contributed by atoms with Crippen LogP contribution >= 0.6 is 11.8 Å². The third kappa shape index (κ3) is 3.49. The van der Waals surface area contributed by atoms with E-state index < -0.39 is 5.82 Å². The first-order valence-corrected chi connectivity index (χ1v) is 6.91.